The van der Waals surface area contributed by atoms with E-state index >= 15 is 0 Å². The number of aromatic carboxylic acids is 1. The molecule has 9 heteroatoms. The van der Waals surface area contributed by atoms with Gasteiger partial charge in [0.1, 0.15) is 0 Å². The number of carbonyl (C=O) groups is 2. The highest BCUT2D eigenvalue weighted by Gasteiger charge is 2.32. The third-order valence-electron chi connectivity index (χ3n) is 8.34. The molecule has 3 unspecified atom stereocenters. The van der Waals surface area contributed by atoms with Crippen LogP contribution in [0.4, 0.5) is 4.79 Å². The number of hydrogen-bond donors (Lipinski definition) is 4. The Bertz CT molecular complexity index is 1830. The molecule has 0 aliphatic carbocycles. The molecule has 49 heavy (non-hydrogen) atoms. The Morgan fingerprint density at radius 3 is 2.06 bits per heavy atom. The lowest BCUT2D eigenvalue weighted by Crippen LogP contribution is -2.34. The second-order valence-corrected chi connectivity index (χ2v) is 12.9. The van der Waals surface area contributed by atoms with Crippen molar-refractivity contribution in [3.63, 3.8) is 0 Å². The molecular weight excluding hydrogens is 637 g/mol. The Balaban J connectivity index is 1.11. The molecule has 6 rings (SSSR count). The number of ether oxygens (including phenoxy) is 2. The highest BCUT2D eigenvalue weighted by molar-refractivity contribution is 7.99. The van der Waals surface area contributed by atoms with Crippen LogP contribution in [-0.4, -0.2) is 34.1 Å². The normalized spacial score (nSPS) is 17.3. The average Bonchev–Trinajstić information content (AvgIpc) is 3.16. The molecular formula is C40H38N2O6S. The number of aliphatic hydroxyl groups excluding tert-OH is 1. The van der Waals surface area contributed by atoms with Gasteiger partial charge in [-0.05, 0) is 63.7 Å². The largest absolute Gasteiger partial charge is 0.478 e. The summed E-state index contributed by atoms with van der Waals surface area (Å²) in [5.41, 5.74) is 7.10. The molecule has 250 valence electrons. The van der Waals surface area contributed by atoms with E-state index in [4.69, 9.17) is 9.47 Å². The van der Waals surface area contributed by atoms with Gasteiger partial charge in [0.25, 0.3) is 0 Å². The van der Waals surface area contributed by atoms with Crippen LogP contribution in [0.25, 0.3) is 11.1 Å². The van der Waals surface area contributed by atoms with Crippen LogP contribution in [0.2, 0.25) is 0 Å². The van der Waals surface area contributed by atoms with Gasteiger partial charge in [0.05, 0.1) is 24.4 Å². The number of urea groups is 1. The fraction of sp³-hybridized carbons (Fsp3) is 0.200. The molecule has 4 N–H and O–H groups in total. The minimum Gasteiger partial charge on any atom is -0.478 e. The quantitative estimate of drug-likeness (QED) is 0.0995. The van der Waals surface area contributed by atoms with Crippen LogP contribution in [-0.2, 0) is 29.2 Å². The predicted molar refractivity (Wildman–Crippen MR) is 190 cm³/mol. The first-order valence-electron chi connectivity index (χ1n) is 16.1. The molecule has 5 aromatic rings. The molecule has 0 aromatic heterocycles. The molecule has 1 heterocycles. The second-order valence-electron chi connectivity index (χ2n) is 11.8. The van der Waals surface area contributed by atoms with Crippen LogP contribution >= 0.6 is 11.8 Å². The van der Waals surface area contributed by atoms with Crippen LogP contribution in [0, 0.1) is 0 Å². The highest BCUT2D eigenvalue weighted by Crippen LogP contribution is 2.40. The van der Waals surface area contributed by atoms with Crippen molar-refractivity contribution in [3.8, 4) is 11.1 Å². The summed E-state index contributed by atoms with van der Waals surface area (Å²) in [5.74, 6) is -0.280. The van der Waals surface area contributed by atoms with Crippen molar-refractivity contribution in [2.45, 2.75) is 49.5 Å². The van der Waals surface area contributed by atoms with Gasteiger partial charge in [0.15, 0.2) is 6.29 Å². The number of carboxylic acid groups (broad SMARTS) is 1. The maximum absolute atomic E-state index is 12.4. The van der Waals surface area contributed by atoms with Crippen molar-refractivity contribution in [1.82, 2.24) is 10.6 Å². The standard InChI is InChI=1S/C40H38N2O6S/c43-25-28-9-11-31(12-10-28)37-22-35(26-49-36-19-17-32(18-20-36)38(44)45)47-39(48-37)33-15-13-30(14-16-33)34-8-4-7-29(21-34)24-42-40(46)41-23-27-5-2-1-3-6-27/h1-21,35,37,39,43H,22-26H2,(H,44,45)(H2,41,42,46). The summed E-state index contributed by atoms with van der Waals surface area (Å²) in [6.07, 6.45) is -0.270. The lowest BCUT2D eigenvalue weighted by Gasteiger charge is -2.36. The van der Waals surface area contributed by atoms with Crippen LogP contribution < -0.4 is 10.6 Å². The topological polar surface area (TPSA) is 117 Å². The van der Waals surface area contributed by atoms with Crippen molar-refractivity contribution in [3.05, 3.63) is 161 Å². The molecule has 0 spiro atoms. The Hall–Kier alpha value is -4.93. The number of carbonyl (C=O) groups excluding carboxylic acids is 1. The van der Waals surface area contributed by atoms with Gasteiger partial charge in [-0.3, -0.25) is 0 Å². The van der Waals surface area contributed by atoms with E-state index in [1.807, 2.05) is 97.1 Å². The van der Waals surface area contributed by atoms with Gasteiger partial charge in [-0.2, -0.15) is 0 Å². The molecule has 5 aromatic carbocycles. The van der Waals surface area contributed by atoms with Crippen molar-refractivity contribution < 1.29 is 29.3 Å². The SMILES string of the molecule is O=C(NCc1ccccc1)NCc1cccc(-c2ccc(C3OC(CSc4ccc(C(=O)O)cc4)CC(c4ccc(CO)cc4)O3)cc2)c1. The van der Waals surface area contributed by atoms with Crippen molar-refractivity contribution in [2.24, 2.45) is 0 Å². The van der Waals surface area contributed by atoms with Gasteiger partial charge in [-0.1, -0.05) is 97.1 Å². The van der Waals surface area contributed by atoms with Crippen molar-refractivity contribution in [1.29, 1.82) is 0 Å². The molecule has 8 nitrogen and oxygen atoms in total. The van der Waals surface area contributed by atoms with Crippen LogP contribution in [0.5, 0.6) is 0 Å². The number of nitrogens with one attached hydrogen (secondary N) is 2. The molecule has 1 aliphatic rings. The molecule has 0 radical (unpaired) electrons. The Kier molecular flexibility index (Phi) is 11.4. The summed E-state index contributed by atoms with van der Waals surface area (Å²) in [7, 11) is 0. The van der Waals surface area contributed by atoms with Crippen LogP contribution in [0.15, 0.2) is 132 Å². The Labute approximate surface area is 290 Å². The zero-order chi connectivity index (χ0) is 34.0. The first kappa shape index (κ1) is 34.0. The minimum absolute atomic E-state index is 0.0205. The van der Waals surface area contributed by atoms with Crippen LogP contribution in [0.1, 0.15) is 57.0 Å². The van der Waals surface area contributed by atoms with Crippen LogP contribution in [0.3, 0.4) is 0 Å². The number of benzene rings is 5. The van der Waals surface area contributed by atoms with E-state index in [1.165, 1.54) is 0 Å². The number of carboxylic acids is 1. The average molecular weight is 675 g/mol. The summed E-state index contributed by atoms with van der Waals surface area (Å²) in [6.45, 7) is 0.847. The summed E-state index contributed by atoms with van der Waals surface area (Å²) < 4.78 is 13.0. The fourth-order valence-corrected chi connectivity index (χ4v) is 6.54. The Morgan fingerprint density at radius 1 is 0.694 bits per heavy atom. The van der Waals surface area contributed by atoms with Gasteiger partial charge < -0.3 is 30.3 Å². The molecule has 0 bridgehead atoms. The summed E-state index contributed by atoms with van der Waals surface area (Å²) >= 11 is 1.62. The van der Waals surface area contributed by atoms with Gasteiger partial charge in [-0.15, -0.1) is 11.8 Å². The highest BCUT2D eigenvalue weighted by atomic mass is 32.2. The van der Waals surface area contributed by atoms with E-state index in [-0.39, 0.29) is 30.4 Å². The van der Waals surface area contributed by atoms with Gasteiger partial charge in [0, 0.05) is 35.7 Å². The van der Waals surface area contributed by atoms with E-state index in [2.05, 4.69) is 28.8 Å². The predicted octanol–water partition coefficient (Wildman–Crippen LogP) is 7.88. The lowest BCUT2D eigenvalue weighted by atomic mass is 9.99. The lowest BCUT2D eigenvalue weighted by molar-refractivity contribution is -0.245. The molecule has 0 saturated carbocycles. The maximum atomic E-state index is 12.4. The number of hydrogen-bond acceptors (Lipinski definition) is 6. The first-order valence-corrected chi connectivity index (χ1v) is 17.1. The molecule has 2 amide bonds. The number of aliphatic hydroxyl groups is 1. The number of amides is 2. The van der Waals surface area contributed by atoms with Gasteiger partial charge in [0.2, 0.25) is 0 Å². The zero-order valence-corrected chi connectivity index (χ0v) is 27.6. The maximum Gasteiger partial charge on any atom is 0.335 e. The van der Waals surface area contributed by atoms with Gasteiger partial charge in [-0.25, -0.2) is 9.59 Å². The third kappa shape index (κ3) is 9.37. The summed E-state index contributed by atoms with van der Waals surface area (Å²) in [6, 6.07) is 40.5. The summed E-state index contributed by atoms with van der Waals surface area (Å²) in [4.78, 5) is 24.6. The van der Waals surface area contributed by atoms with E-state index in [0.29, 0.717) is 25.3 Å². The van der Waals surface area contributed by atoms with Gasteiger partial charge >= 0.3 is 12.0 Å². The minimum atomic E-state index is -0.947. The first-order chi connectivity index (χ1) is 23.9. The fourth-order valence-electron chi connectivity index (χ4n) is 5.62. The molecule has 1 fully saturated rings. The molecule has 3 atom stereocenters. The number of rotatable bonds is 12. The number of thioether (sulfide) groups is 1. The third-order valence-corrected chi connectivity index (χ3v) is 9.49. The second kappa shape index (κ2) is 16.5. The zero-order valence-electron chi connectivity index (χ0n) is 26.8. The molecule has 1 aliphatic heterocycles. The van der Waals surface area contributed by atoms with Crippen molar-refractivity contribution >= 4 is 23.8 Å². The smallest absolute Gasteiger partial charge is 0.335 e. The van der Waals surface area contributed by atoms with E-state index in [0.717, 1.165) is 43.8 Å². The van der Waals surface area contributed by atoms with Crippen molar-refractivity contribution in [2.75, 3.05) is 5.75 Å². The Morgan fingerprint density at radius 2 is 1.37 bits per heavy atom. The summed E-state index contributed by atoms with van der Waals surface area (Å²) in [5, 5.41) is 24.6. The monoisotopic (exact) mass is 674 g/mol. The van der Waals surface area contributed by atoms with E-state index in [1.54, 1.807) is 23.9 Å². The molecule has 1 saturated heterocycles. The van der Waals surface area contributed by atoms with E-state index < -0.39 is 12.3 Å². The van der Waals surface area contributed by atoms with E-state index in [9.17, 15) is 19.8 Å².